The summed E-state index contributed by atoms with van der Waals surface area (Å²) < 4.78 is 1.81. The number of imidazole rings is 1. The van der Waals surface area contributed by atoms with Crippen LogP contribution >= 0.6 is 0 Å². The molecule has 0 atom stereocenters. The van der Waals surface area contributed by atoms with Crippen LogP contribution in [0.25, 0.3) is 5.82 Å². The lowest BCUT2D eigenvalue weighted by Gasteiger charge is -2.42. The van der Waals surface area contributed by atoms with Gasteiger partial charge in [0, 0.05) is 30.6 Å². The number of aromatic nitrogens is 3. The summed E-state index contributed by atoms with van der Waals surface area (Å²) in [6.45, 7) is 0.666. The van der Waals surface area contributed by atoms with Crippen LogP contribution in [0.15, 0.2) is 67.4 Å². The predicted molar refractivity (Wildman–Crippen MR) is 95.7 cm³/mol. The second-order valence-electron chi connectivity index (χ2n) is 6.56. The Hall–Kier alpha value is -2.95. The van der Waals surface area contributed by atoms with Gasteiger partial charge in [-0.15, -0.1) is 0 Å². The van der Waals surface area contributed by atoms with Crippen LogP contribution < -0.4 is 5.32 Å². The maximum Gasteiger partial charge on any atom is 0.252 e. The van der Waals surface area contributed by atoms with E-state index in [0.717, 1.165) is 18.7 Å². The molecular formula is C20H20N4O. The summed E-state index contributed by atoms with van der Waals surface area (Å²) in [5, 5.41) is 3.10. The zero-order valence-electron chi connectivity index (χ0n) is 13.9. The van der Waals surface area contributed by atoms with Gasteiger partial charge in [0.2, 0.25) is 0 Å². The van der Waals surface area contributed by atoms with Gasteiger partial charge in [-0.2, -0.15) is 0 Å². The highest BCUT2D eigenvalue weighted by Crippen LogP contribution is 2.43. The average molecular weight is 332 g/mol. The van der Waals surface area contributed by atoms with Crippen molar-refractivity contribution in [3.63, 3.8) is 0 Å². The zero-order valence-corrected chi connectivity index (χ0v) is 13.9. The Bertz CT molecular complexity index is 837. The molecule has 0 aliphatic heterocycles. The van der Waals surface area contributed by atoms with E-state index < -0.39 is 0 Å². The van der Waals surface area contributed by atoms with Gasteiger partial charge >= 0.3 is 0 Å². The summed E-state index contributed by atoms with van der Waals surface area (Å²) in [5.74, 6) is 0.667. The number of carbonyl (C=O) groups excluding carboxylic acids is 1. The van der Waals surface area contributed by atoms with Crippen molar-refractivity contribution in [3.05, 3.63) is 78.5 Å². The molecule has 0 unspecified atom stereocenters. The summed E-state index contributed by atoms with van der Waals surface area (Å²) >= 11 is 0. The van der Waals surface area contributed by atoms with Gasteiger partial charge in [0.1, 0.15) is 12.1 Å². The Morgan fingerprint density at radius 3 is 2.60 bits per heavy atom. The number of benzene rings is 1. The third-order valence-corrected chi connectivity index (χ3v) is 5.06. The first-order valence-electron chi connectivity index (χ1n) is 8.55. The van der Waals surface area contributed by atoms with E-state index in [4.69, 9.17) is 0 Å². The number of hydrogen-bond donors (Lipinski definition) is 1. The molecular weight excluding hydrogens is 312 g/mol. The van der Waals surface area contributed by atoms with Crippen LogP contribution in [0.3, 0.4) is 0 Å². The molecule has 1 amide bonds. The van der Waals surface area contributed by atoms with E-state index in [-0.39, 0.29) is 11.3 Å². The normalized spacial score (nSPS) is 15.4. The molecule has 3 aromatic rings. The van der Waals surface area contributed by atoms with E-state index in [1.807, 2.05) is 18.3 Å². The molecule has 5 heteroatoms. The monoisotopic (exact) mass is 332 g/mol. The van der Waals surface area contributed by atoms with Crippen molar-refractivity contribution in [1.82, 2.24) is 19.9 Å². The third-order valence-electron chi connectivity index (χ3n) is 5.06. The molecule has 25 heavy (non-hydrogen) atoms. The van der Waals surface area contributed by atoms with Crippen molar-refractivity contribution in [2.75, 3.05) is 6.54 Å². The van der Waals surface area contributed by atoms with Crippen molar-refractivity contribution in [2.24, 2.45) is 0 Å². The van der Waals surface area contributed by atoms with Gasteiger partial charge < -0.3 is 5.32 Å². The van der Waals surface area contributed by atoms with Gasteiger partial charge in [-0.3, -0.25) is 9.36 Å². The minimum Gasteiger partial charge on any atom is -0.351 e. The number of carbonyl (C=O) groups is 1. The number of nitrogens with one attached hydrogen (secondary N) is 1. The Morgan fingerprint density at radius 1 is 1.16 bits per heavy atom. The van der Waals surface area contributed by atoms with Gasteiger partial charge in [0.05, 0.1) is 5.56 Å². The van der Waals surface area contributed by atoms with E-state index in [0.29, 0.717) is 12.1 Å². The van der Waals surface area contributed by atoms with E-state index in [1.54, 1.807) is 29.4 Å². The van der Waals surface area contributed by atoms with Crippen LogP contribution in [0.4, 0.5) is 0 Å². The molecule has 1 N–H and O–H groups in total. The summed E-state index contributed by atoms with van der Waals surface area (Å²) in [6.07, 6.45) is 10.3. The fourth-order valence-corrected chi connectivity index (χ4v) is 3.38. The quantitative estimate of drug-likeness (QED) is 0.781. The Morgan fingerprint density at radius 2 is 2.00 bits per heavy atom. The molecule has 5 nitrogen and oxygen atoms in total. The van der Waals surface area contributed by atoms with E-state index >= 15 is 0 Å². The average Bonchev–Trinajstić information content (AvgIpc) is 3.16. The van der Waals surface area contributed by atoms with E-state index in [9.17, 15) is 4.79 Å². The third kappa shape index (κ3) is 3.05. The highest BCUT2D eigenvalue weighted by molar-refractivity contribution is 5.94. The van der Waals surface area contributed by atoms with Crippen LogP contribution in [0.1, 0.15) is 35.2 Å². The SMILES string of the molecule is O=C(NCC1(c2ccccc2)CCC1)c1ccc(-n2ccnc2)nc1. The van der Waals surface area contributed by atoms with Crippen molar-refractivity contribution in [3.8, 4) is 5.82 Å². The molecule has 0 spiro atoms. The number of nitrogens with zero attached hydrogens (tertiary/aromatic N) is 3. The van der Waals surface area contributed by atoms with Crippen LogP contribution in [-0.2, 0) is 5.41 Å². The second kappa shape index (κ2) is 6.51. The molecule has 0 bridgehead atoms. The van der Waals surface area contributed by atoms with Gasteiger partial charge in [-0.25, -0.2) is 9.97 Å². The zero-order chi connectivity index (χ0) is 17.1. The minimum atomic E-state index is -0.0770. The van der Waals surface area contributed by atoms with Crippen LogP contribution in [0, 0.1) is 0 Å². The molecule has 4 rings (SSSR count). The Labute approximate surface area is 146 Å². The van der Waals surface area contributed by atoms with Crippen LogP contribution in [-0.4, -0.2) is 27.0 Å². The van der Waals surface area contributed by atoms with Crippen molar-refractivity contribution in [1.29, 1.82) is 0 Å². The molecule has 2 heterocycles. The van der Waals surface area contributed by atoms with Crippen LogP contribution in [0.5, 0.6) is 0 Å². The largest absolute Gasteiger partial charge is 0.351 e. The molecule has 1 aliphatic carbocycles. The summed E-state index contributed by atoms with van der Waals surface area (Å²) in [6, 6.07) is 14.1. The van der Waals surface area contributed by atoms with Gasteiger partial charge in [0.15, 0.2) is 0 Å². The van der Waals surface area contributed by atoms with Crippen molar-refractivity contribution < 1.29 is 4.79 Å². The maximum atomic E-state index is 12.5. The first-order chi connectivity index (χ1) is 12.3. The molecule has 1 fully saturated rings. The lowest BCUT2D eigenvalue weighted by atomic mass is 9.64. The van der Waals surface area contributed by atoms with Crippen molar-refractivity contribution >= 4 is 5.91 Å². The topological polar surface area (TPSA) is 59.8 Å². The summed E-state index contributed by atoms with van der Waals surface area (Å²) in [5.41, 5.74) is 1.97. The lowest BCUT2D eigenvalue weighted by Crippen LogP contribution is -2.45. The highest BCUT2D eigenvalue weighted by Gasteiger charge is 2.38. The van der Waals surface area contributed by atoms with Gasteiger partial charge in [-0.1, -0.05) is 36.8 Å². The number of amides is 1. The first kappa shape index (κ1) is 15.6. The summed E-state index contributed by atoms with van der Waals surface area (Å²) in [4.78, 5) is 20.8. The van der Waals surface area contributed by atoms with Crippen molar-refractivity contribution in [2.45, 2.75) is 24.7 Å². The number of pyridine rings is 1. The lowest BCUT2D eigenvalue weighted by molar-refractivity contribution is 0.0927. The predicted octanol–water partition coefficient (Wildman–Crippen LogP) is 3.12. The van der Waals surface area contributed by atoms with E-state index in [1.165, 1.54) is 12.0 Å². The first-order valence-corrected chi connectivity index (χ1v) is 8.55. The molecule has 1 aromatic carbocycles. The molecule has 126 valence electrons. The van der Waals surface area contributed by atoms with Crippen LogP contribution in [0.2, 0.25) is 0 Å². The fraction of sp³-hybridized carbons (Fsp3) is 0.250. The smallest absolute Gasteiger partial charge is 0.252 e. The minimum absolute atomic E-state index is 0.0770. The second-order valence-corrected chi connectivity index (χ2v) is 6.56. The molecule has 2 aromatic heterocycles. The Kier molecular flexibility index (Phi) is 4.06. The van der Waals surface area contributed by atoms with E-state index in [2.05, 4.69) is 39.6 Å². The number of hydrogen-bond acceptors (Lipinski definition) is 3. The Balaban J connectivity index is 1.43. The van der Waals surface area contributed by atoms with Gasteiger partial charge in [0.25, 0.3) is 5.91 Å². The maximum absolute atomic E-state index is 12.5. The highest BCUT2D eigenvalue weighted by atomic mass is 16.1. The van der Waals surface area contributed by atoms with Gasteiger partial charge in [-0.05, 0) is 30.5 Å². The molecule has 1 aliphatic rings. The molecule has 0 radical (unpaired) electrons. The standard InChI is InChI=1S/C20H20N4O/c25-19(16-7-8-18(22-13-16)24-12-11-21-15-24)23-14-20(9-4-10-20)17-5-2-1-3-6-17/h1-3,5-8,11-13,15H,4,9-10,14H2,(H,23,25). The molecule has 0 saturated heterocycles. The molecule has 1 saturated carbocycles. The number of rotatable bonds is 5. The summed E-state index contributed by atoms with van der Waals surface area (Å²) in [7, 11) is 0. The fourth-order valence-electron chi connectivity index (χ4n) is 3.38.